The topological polar surface area (TPSA) is 55.1 Å². The number of nitrogens with zero attached hydrogens (tertiary/aromatic N) is 2. The van der Waals surface area contributed by atoms with Crippen molar-refractivity contribution in [3.8, 4) is 0 Å². The largest absolute Gasteiger partial charge is 0.480 e. The summed E-state index contributed by atoms with van der Waals surface area (Å²) in [6.45, 7) is 1.89. The molecule has 0 aliphatic carbocycles. The molecule has 2 aromatic rings. The van der Waals surface area contributed by atoms with E-state index in [0.717, 1.165) is 16.6 Å². The Morgan fingerprint density at radius 2 is 2.33 bits per heavy atom. The summed E-state index contributed by atoms with van der Waals surface area (Å²) in [6.07, 6.45) is 0. The molecule has 0 radical (unpaired) electrons. The first kappa shape index (κ1) is 10.2. The van der Waals surface area contributed by atoms with Crippen molar-refractivity contribution in [1.29, 1.82) is 0 Å². The minimum absolute atomic E-state index is 0.0832. The van der Waals surface area contributed by atoms with Gasteiger partial charge in [0.1, 0.15) is 6.54 Å². The Hall–Kier alpha value is -1.36. The second kappa shape index (κ2) is 3.66. The van der Waals surface area contributed by atoms with Crippen molar-refractivity contribution in [2.75, 3.05) is 0 Å². The number of imidazole rings is 1. The average molecular weight is 269 g/mol. The average Bonchev–Trinajstić information content (AvgIpc) is 2.41. The van der Waals surface area contributed by atoms with Gasteiger partial charge in [-0.2, -0.15) is 0 Å². The fourth-order valence-electron chi connectivity index (χ4n) is 1.50. The Bertz CT molecular complexity index is 533. The Morgan fingerprint density at radius 3 is 3.00 bits per heavy atom. The van der Waals surface area contributed by atoms with Gasteiger partial charge in [0.2, 0.25) is 0 Å². The van der Waals surface area contributed by atoms with Crippen LogP contribution in [0.4, 0.5) is 0 Å². The maximum Gasteiger partial charge on any atom is 0.323 e. The molecule has 0 saturated carbocycles. The molecule has 0 unspecified atom stereocenters. The van der Waals surface area contributed by atoms with Crippen LogP contribution in [0.25, 0.3) is 11.0 Å². The van der Waals surface area contributed by atoms with Crippen molar-refractivity contribution in [2.24, 2.45) is 0 Å². The van der Waals surface area contributed by atoms with Gasteiger partial charge in [-0.25, -0.2) is 4.98 Å². The normalized spacial score (nSPS) is 10.8. The monoisotopic (exact) mass is 268 g/mol. The number of aliphatic carboxylic acids is 1. The van der Waals surface area contributed by atoms with Crippen molar-refractivity contribution < 1.29 is 9.90 Å². The van der Waals surface area contributed by atoms with Gasteiger partial charge in [0, 0.05) is 0 Å². The smallest absolute Gasteiger partial charge is 0.323 e. The predicted molar refractivity (Wildman–Crippen MR) is 59.8 cm³/mol. The number of fused-ring (bicyclic) bond motifs is 1. The van der Waals surface area contributed by atoms with E-state index in [1.54, 1.807) is 4.57 Å². The Kier molecular flexibility index (Phi) is 2.48. The van der Waals surface area contributed by atoms with Crippen LogP contribution in [0.15, 0.2) is 22.9 Å². The number of halogens is 1. The number of carbonyl (C=O) groups is 1. The lowest BCUT2D eigenvalue weighted by molar-refractivity contribution is -0.137. The minimum Gasteiger partial charge on any atom is -0.480 e. The first-order valence-corrected chi connectivity index (χ1v) is 5.21. The Morgan fingerprint density at radius 1 is 1.60 bits per heavy atom. The van der Waals surface area contributed by atoms with Gasteiger partial charge in [-0.15, -0.1) is 0 Å². The lowest BCUT2D eigenvalue weighted by Crippen LogP contribution is -2.08. The summed E-state index contributed by atoms with van der Waals surface area (Å²) in [5.41, 5.74) is 2.74. The quantitative estimate of drug-likeness (QED) is 0.909. The predicted octanol–water partition coefficient (Wildman–Crippen LogP) is 2.19. The van der Waals surface area contributed by atoms with Crippen molar-refractivity contribution in [1.82, 2.24) is 9.55 Å². The van der Waals surface area contributed by atoms with Crippen molar-refractivity contribution in [2.45, 2.75) is 13.5 Å². The molecule has 0 saturated heterocycles. The Balaban J connectivity index is 2.63. The minimum atomic E-state index is -0.879. The highest BCUT2D eigenvalue weighted by Gasteiger charge is 2.10. The highest BCUT2D eigenvalue weighted by Crippen LogP contribution is 2.20. The van der Waals surface area contributed by atoms with Crippen LogP contribution in [0.5, 0.6) is 0 Å². The van der Waals surface area contributed by atoms with Crippen LogP contribution < -0.4 is 0 Å². The number of hydrogen-bond acceptors (Lipinski definition) is 2. The number of hydrogen-bond donors (Lipinski definition) is 1. The first-order valence-electron chi connectivity index (χ1n) is 4.42. The lowest BCUT2D eigenvalue weighted by Gasteiger charge is -2.01. The van der Waals surface area contributed by atoms with Crippen LogP contribution >= 0.6 is 15.9 Å². The van der Waals surface area contributed by atoms with Crippen LogP contribution in [-0.4, -0.2) is 20.6 Å². The number of aryl methyl sites for hydroxylation is 1. The van der Waals surface area contributed by atoms with Gasteiger partial charge in [-0.3, -0.25) is 4.79 Å². The van der Waals surface area contributed by atoms with E-state index in [1.807, 2.05) is 25.1 Å². The summed E-state index contributed by atoms with van der Waals surface area (Å²) in [4.78, 5) is 14.9. The van der Waals surface area contributed by atoms with E-state index in [0.29, 0.717) is 4.73 Å². The number of benzene rings is 1. The van der Waals surface area contributed by atoms with E-state index in [4.69, 9.17) is 5.11 Å². The molecule has 1 aromatic heterocycles. The summed E-state index contributed by atoms with van der Waals surface area (Å²) in [7, 11) is 0. The van der Waals surface area contributed by atoms with Crippen LogP contribution in [-0.2, 0) is 11.3 Å². The second-order valence-electron chi connectivity index (χ2n) is 3.35. The van der Waals surface area contributed by atoms with Gasteiger partial charge in [-0.1, -0.05) is 6.07 Å². The molecule has 2 rings (SSSR count). The Labute approximate surface area is 94.7 Å². The molecule has 0 aliphatic heterocycles. The third-order valence-corrected chi connectivity index (χ3v) is 2.76. The van der Waals surface area contributed by atoms with E-state index >= 15 is 0 Å². The molecule has 0 spiro atoms. The van der Waals surface area contributed by atoms with Gasteiger partial charge in [-0.05, 0) is 40.5 Å². The van der Waals surface area contributed by atoms with Crippen LogP contribution in [0.3, 0.4) is 0 Å². The standard InChI is InChI=1S/C10H9BrN2O2/c1-6-2-3-8-7(4-6)12-10(11)13(8)5-9(14)15/h2-4H,5H2,1H3,(H,14,15). The summed E-state index contributed by atoms with van der Waals surface area (Å²) >= 11 is 3.25. The molecular formula is C10H9BrN2O2. The molecule has 15 heavy (non-hydrogen) atoms. The second-order valence-corrected chi connectivity index (χ2v) is 4.06. The third-order valence-electron chi connectivity index (χ3n) is 2.15. The highest BCUT2D eigenvalue weighted by molar-refractivity contribution is 9.10. The fraction of sp³-hybridized carbons (Fsp3) is 0.200. The van der Waals surface area contributed by atoms with Crippen molar-refractivity contribution >= 4 is 32.9 Å². The summed E-state index contributed by atoms with van der Waals surface area (Å²) in [5, 5.41) is 8.75. The zero-order valence-corrected chi connectivity index (χ0v) is 9.65. The summed E-state index contributed by atoms with van der Waals surface area (Å²) in [6, 6.07) is 5.75. The van der Waals surface area contributed by atoms with Gasteiger partial charge in [0.15, 0.2) is 4.73 Å². The fourth-order valence-corrected chi connectivity index (χ4v) is 2.00. The zero-order valence-electron chi connectivity index (χ0n) is 8.07. The molecule has 0 aliphatic rings. The molecular weight excluding hydrogens is 260 g/mol. The maximum atomic E-state index is 10.7. The number of aromatic nitrogens is 2. The highest BCUT2D eigenvalue weighted by atomic mass is 79.9. The molecule has 0 fully saturated rings. The number of carboxylic acid groups (broad SMARTS) is 1. The van der Waals surface area contributed by atoms with Gasteiger partial charge in [0.25, 0.3) is 0 Å². The number of carboxylic acids is 1. The molecule has 0 bridgehead atoms. The molecule has 0 amide bonds. The van der Waals surface area contributed by atoms with Crippen LogP contribution in [0.2, 0.25) is 0 Å². The van der Waals surface area contributed by atoms with Crippen molar-refractivity contribution in [3.05, 3.63) is 28.5 Å². The van der Waals surface area contributed by atoms with Gasteiger partial charge < -0.3 is 9.67 Å². The molecule has 4 nitrogen and oxygen atoms in total. The van der Waals surface area contributed by atoms with E-state index in [-0.39, 0.29) is 6.54 Å². The van der Waals surface area contributed by atoms with Crippen LogP contribution in [0.1, 0.15) is 5.56 Å². The molecule has 0 atom stereocenters. The SMILES string of the molecule is Cc1ccc2c(c1)nc(Br)n2CC(=O)O. The molecule has 1 N–H and O–H groups in total. The van der Waals surface area contributed by atoms with Gasteiger partial charge >= 0.3 is 5.97 Å². The first-order chi connectivity index (χ1) is 7.08. The molecule has 1 aromatic carbocycles. The summed E-state index contributed by atoms with van der Waals surface area (Å²) in [5.74, 6) is -0.879. The zero-order chi connectivity index (χ0) is 11.0. The van der Waals surface area contributed by atoms with E-state index in [2.05, 4.69) is 20.9 Å². The third kappa shape index (κ3) is 1.87. The van der Waals surface area contributed by atoms with Crippen molar-refractivity contribution in [3.63, 3.8) is 0 Å². The van der Waals surface area contributed by atoms with E-state index < -0.39 is 5.97 Å². The maximum absolute atomic E-state index is 10.7. The van der Waals surface area contributed by atoms with E-state index in [1.165, 1.54) is 0 Å². The molecule has 5 heteroatoms. The van der Waals surface area contributed by atoms with Crippen LogP contribution in [0, 0.1) is 6.92 Å². The van der Waals surface area contributed by atoms with E-state index in [9.17, 15) is 4.79 Å². The molecule has 78 valence electrons. The molecule has 1 heterocycles. The van der Waals surface area contributed by atoms with Gasteiger partial charge in [0.05, 0.1) is 11.0 Å². The number of rotatable bonds is 2. The lowest BCUT2D eigenvalue weighted by atomic mass is 10.2. The summed E-state index contributed by atoms with van der Waals surface area (Å²) < 4.78 is 2.17.